The topological polar surface area (TPSA) is 68.2 Å². The summed E-state index contributed by atoms with van der Waals surface area (Å²) in [5.74, 6) is -0.365. The van der Waals surface area contributed by atoms with Crippen molar-refractivity contribution in [3.8, 4) is 0 Å². The van der Waals surface area contributed by atoms with Gasteiger partial charge in [0.15, 0.2) is 0 Å². The summed E-state index contributed by atoms with van der Waals surface area (Å²) in [7, 11) is 0. The third kappa shape index (κ3) is 1.92. The molecule has 156 valence electrons. The van der Waals surface area contributed by atoms with Crippen LogP contribution in [0.4, 0.5) is 5.69 Å². The van der Waals surface area contributed by atoms with Crippen molar-refractivity contribution in [2.24, 2.45) is 16.3 Å². The van der Waals surface area contributed by atoms with Gasteiger partial charge in [-0.2, -0.15) is 0 Å². The summed E-state index contributed by atoms with van der Waals surface area (Å²) in [6.45, 7) is 6.20. The predicted molar refractivity (Wildman–Crippen MR) is 111 cm³/mol. The number of fused-ring (bicyclic) bond motifs is 2. The zero-order valence-corrected chi connectivity index (χ0v) is 17.6. The van der Waals surface area contributed by atoms with Gasteiger partial charge in [-0.05, 0) is 37.3 Å². The molecular formula is C24H26N2O4. The van der Waals surface area contributed by atoms with Crippen molar-refractivity contribution in [3.63, 3.8) is 0 Å². The van der Waals surface area contributed by atoms with E-state index in [-0.39, 0.29) is 36.5 Å². The average molecular weight is 406 g/mol. The lowest BCUT2D eigenvalue weighted by molar-refractivity contribution is -0.177. The number of piperidine rings is 4. The second kappa shape index (κ2) is 5.82. The van der Waals surface area contributed by atoms with Crippen LogP contribution in [0.2, 0.25) is 0 Å². The van der Waals surface area contributed by atoms with Crippen molar-refractivity contribution in [2.45, 2.75) is 57.2 Å². The molecule has 7 rings (SSSR count). The van der Waals surface area contributed by atoms with Gasteiger partial charge in [0.1, 0.15) is 12.7 Å². The smallest absolute Gasteiger partial charge is 0.302 e. The van der Waals surface area contributed by atoms with Crippen LogP contribution in [0.3, 0.4) is 0 Å². The summed E-state index contributed by atoms with van der Waals surface area (Å²) in [6.07, 6.45) is 3.59. The van der Waals surface area contributed by atoms with Crippen molar-refractivity contribution in [1.82, 2.24) is 4.90 Å². The van der Waals surface area contributed by atoms with E-state index in [4.69, 9.17) is 14.5 Å². The van der Waals surface area contributed by atoms with Gasteiger partial charge in [0.25, 0.3) is 0 Å². The summed E-state index contributed by atoms with van der Waals surface area (Å²) in [5, 5.41) is 0. The molecule has 6 aliphatic rings. The summed E-state index contributed by atoms with van der Waals surface area (Å²) in [5.41, 5.74) is 3.78. The highest BCUT2D eigenvalue weighted by molar-refractivity contribution is 6.08. The molecule has 1 spiro atoms. The Hall–Kier alpha value is -2.47. The highest BCUT2D eigenvalue weighted by atomic mass is 16.6. The number of hydrogen-bond donors (Lipinski definition) is 0. The Morgan fingerprint density at radius 1 is 1.27 bits per heavy atom. The van der Waals surface area contributed by atoms with Gasteiger partial charge >= 0.3 is 11.9 Å². The average Bonchev–Trinajstić information content (AvgIpc) is 3.18. The SMILES string of the molecule is C/C=C1/CN2C3CC45C(=Nc6ccccc64)[C@@H]2C[C@@H]1[C@@]3(COC(C)=O)[C@H]5OC(C)=O. The molecule has 1 aromatic rings. The summed E-state index contributed by atoms with van der Waals surface area (Å²) < 4.78 is 12.0. The molecule has 6 heteroatoms. The first-order valence-electron chi connectivity index (χ1n) is 10.8. The van der Waals surface area contributed by atoms with Crippen molar-refractivity contribution >= 4 is 23.3 Å². The summed E-state index contributed by atoms with van der Waals surface area (Å²) >= 11 is 0. The van der Waals surface area contributed by atoms with Crippen LogP contribution in [0.25, 0.3) is 0 Å². The lowest BCUT2D eigenvalue weighted by atomic mass is 9.59. The predicted octanol–water partition coefficient (Wildman–Crippen LogP) is 2.93. The van der Waals surface area contributed by atoms with Gasteiger partial charge in [-0.25, -0.2) is 0 Å². The maximum absolute atomic E-state index is 12.4. The van der Waals surface area contributed by atoms with E-state index in [1.54, 1.807) is 0 Å². The van der Waals surface area contributed by atoms with E-state index in [9.17, 15) is 9.59 Å². The molecule has 0 amide bonds. The number of hydrogen-bond acceptors (Lipinski definition) is 6. The first-order valence-corrected chi connectivity index (χ1v) is 10.8. The van der Waals surface area contributed by atoms with Crippen LogP contribution < -0.4 is 0 Å². The molecule has 30 heavy (non-hydrogen) atoms. The van der Waals surface area contributed by atoms with Crippen LogP contribution in [0.1, 0.15) is 39.2 Å². The van der Waals surface area contributed by atoms with Crippen LogP contribution in [-0.4, -0.2) is 53.9 Å². The molecule has 0 N–H and O–H groups in total. The minimum Gasteiger partial charge on any atom is -0.465 e. The number of carbonyl (C=O) groups excluding carboxylic acids is 2. The molecule has 1 aromatic carbocycles. The molecule has 1 aliphatic carbocycles. The number of esters is 2. The highest BCUT2D eigenvalue weighted by Crippen LogP contribution is 2.71. The Labute approximate surface area is 175 Å². The Kier molecular flexibility index (Phi) is 3.55. The van der Waals surface area contributed by atoms with E-state index in [2.05, 4.69) is 30.0 Å². The fraction of sp³-hybridized carbons (Fsp3) is 0.542. The summed E-state index contributed by atoms with van der Waals surface area (Å²) in [4.78, 5) is 32.0. The summed E-state index contributed by atoms with van der Waals surface area (Å²) in [6, 6.07) is 8.70. The standard InChI is InChI=1S/C24H26N2O4/c1-4-15-11-26-19-9-17(15)24(12-29-13(2)27)20(26)10-23(22(24)30-14(3)28)16-7-5-6-8-18(16)25-21(19)23/h4-8,17,19-20,22H,9-12H2,1-3H3/b15-4-/t17-,19-,20?,22-,23?,24+/m0/s1. The van der Waals surface area contributed by atoms with E-state index in [1.807, 2.05) is 12.1 Å². The third-order valence-corrected chi connectivity index (χ3v) is 8.37. The van der Waals surface area contributed by atoms with Crippen molar-refractivity contribution in [3.05, 3.63) is 41.5 Å². The highest BCUT2D eigenvalue weighted by Gasteiger charge is 2.80. The van der Waals surface area contributed by atoms with Crippen molar-refractivity contribution < 1.29 is 19.1 Å². The van der Waals surface area contributed by atoms with Crippen LogP contribution in [-0.2, 0) is 24.5 Å². The van der Waals surface area contributed by atoms with E-state index in [0.717, 1.165) is 36.3 Å². The third-order valence-electron chi connectivity index (χ3n) is 8.37. The van der Waals surface area contributed by atoms with Gasteiger partial charge in [0.2, 0.25) is 0 Å². The quantitative estimate of drug-likeness (QED) is 0.570. The van der Waals surface area contributed by atoms with Gasteiger partial charge in [-0.3, -0.25) is 19.5 Å². The van der Waals surface area contributed by atoms with E-state index < -0.39 is 16.9 Å². The van der Waals surface area contributed by atoms with Crippen LogP contribution in [0, 0.1) is 11.3 Å². The Morgan fingerprint density at radius 3 is 2.80 bits per heavy atom. The van der Waals surface area contributed by atoms with E-state index >= 15 is 0 Å². The second-order valence-electron chi connectivity index (χ2n) is 9.43. The number of rotatable bonds is 3. The van der Waals surface area contributed by atoms with Crippen LogP contribution in [0.15, 0.2) is 40.9 Å². The minimum atomic E-state index is -0.456. The fourth-order valence-corrected chi connectivity index (χ4v) is 7.52. The molecule has 5 bridgehead atoms. The normalized spacial score (nSPS) is 42.7. The lowest BCUT2D eigenvalue weighted by Gasteiger charge is -2.60. The first kappa shape index (κ1) is 18.3. The number of allylic oxidation sites excluding steroid dienone is 1. The molecule has 0 aromatic heterocycles. The zero-order chi connectivity index (χ0) is 20.8. The molecule has 5 heterocycles. The lowest BCUT2D eigenvalue weighted by Crippen LogP contribution is -2.69. The second-order valence-corrected chi connectivity index (χ2v) is 9.43. The molecular weight excluding hydrogens is 380 g/mol. The Balaban J connectivity index is 1.63. The van der Waals surface area contributed by atoms with Crippen molar-refractivity contribution in [2.75, 3.05) is 13.2 Å². The molecule has 0 radical (unpaired) electrons. The number of ether oxygens (including phenoxy) is 2. The van der Waals surface area contributed by atoms with Crippen molar-refractivity contribution in [1.29, 1.82) is 0 Å². The number of carbonyl (C=O) groups is 2. The Bertz CT molecular complexity index is 1050. The molecule has 7 atom stereocenters. The zero-order valence-electron chi connectivity index (χ0n) is 17.6. The molecule has 6 nitrogen and oxygen atoms in total. The number of nitrogens with zero attached hydrogens (tertiary/aromatic N) is 2. The largest absolute Gasteiger partial charge is 0.465 e. The number of para-hydroxylation sites is 1. The van der Waals surface area contributed by atoms with E-state index in [1.165, 1.54) is 19.4 Å². The van der Waals surface area contributed by atoms with Crippen LogP contribution >= 0.6 is 0 Å². The maximum Gasteiger partial charge on any atom is 0.302 e. The Morgan fingerprint density at radius 2 is 2.07 bits per heavy atom. The first-order chi connectivity index (χ1) is 14.4. The van der Waals surface area contributed by atoms with Gasteiger partial charge in [-0.15, -0.1) is 0 Å². The number of aliphatic imine (C=N–C) groups is 1. The fourth-order valence-electron chi connectivity index (χ4n) is 7.52. The maximum atomic E-state index is 12.4. The minimum absolute atomic E-state index is 0.193. The monoisotopic (exact) mass is 406 g/mol. The molecule has 3 unspecified atom stereocenters. The van der Waals surface area contributed by atoms with Gasteiger partial charge in [-0.1, -0.05) is 29.8 Å². The van der Waals surface area contributed by atoms with E-state index in [0.29, 0.717) is 0 Å². The van der Waals surface area contributed by atoms with Gasteiger partial charge in [0.05, 0.1) is 28.3 Å². The molecule has 1 saturated carbocycles. The van der Waals surface area contributed by atoms with Gasteiger partial charge < -0.3 is 9.47 Å². The molecule has 4 saturated heterocycles. The molecule has 5 aliphatic heterocycles. The van der Waals surface area contributed by atoms with Gasteiger partial charge in [0, 0.05) is 26.4 Å². The number of benzene rings is 1. The van der Waals surface area contributed by atoms with Crippen LogP contribution in [0.5, 0.6) is 0 Å². The molecule has 5 fully saturated rings.